The minimum absolute atomic E-state index is 0.111. The van der Waals surface area contributed by atoms with Gasteiger partial charge in [0, 0.05) is 25.3 Å². The minimum Gasteiger partial charge on any atom is -0.417 e. The predicted octanol–water partition coefficient (Wildman–Crippen LogP) is 2.93. The van der Waals surface area contributed by atoms with E-state index in [0.717, 1.165) is 11.3 Å². The average Bonchev–Trinajstić information content (AvgIpc) is 2.59. The molecule has 122 valence electrons. The van der Waals surface area contributed by atoms with Crippen LogP contribution in [0.5, 0.6) is 0 Å². The van der Waals surface area contributed by atoms with Crippen LogP contribution in [0.2, 0.25) is 0 Å². The van der Waals surface area contributed by atoms with E-state index >= 15 is 0 Å². The summed E-state index contributed by atoms with van der Waals surface area (Å²) < 4.78 is 10.5. The quantitative estimate of drug-likeness (QED) is 0.494. The minimum atomic E-state index is -1.00. The van der Waals surface area contributed by atoms with Crippen LogP contribution in [-0.4, -0.2) is 26.0 Å². The summed E-state index contributed by atoms with van der Waals surface area (Å²) in [6.07, 6.45) is 0.477. The number of carbonyl (C=O) groups excluding carboxylic acids is 2. The largest absolute Gasteiger partial charge is 0.417 e. The Morgan fingerprint density at radius 3 is 2.00 bits per heavy atom. The number of rotatable bonds is 3. The molecule has 0 saturated carbocycles. The lowest BCUT2D eigenvalue weighted by Gasteiger charge is -2.24. The van der Waals surface area contributed by atoms with Gasteiger partial charge in [-0.05, 0) is 23.8 Å². The summed E-state index contributed by atoms with van der Waals surface area (Å²) in [6, 6.07) is 16.3. The summed E-state index contributed by atoms with van der Waals surface area (Å²) in [5.74, 6) is -1.37. The van der Waals surface area contributed by atoms with Crippen molar-refractivity contribution in [3.05, 3.63) is 71.3 Å². The molecule has 3 rings (SSSR count). The molecular weight excluding hydrogens is 306 g/mol. The number of hydrogen-bond acceptors (Lipinski definition) is 5. The third kappa shape index (κ3) is 3.30. The van der Waals surface area contributed by atoms with Crippen LogP contribution < -0.4 is 4.90 Å². The SMILES string of the molecule is CN(C)c1ccc(C=C2C(=O)OC(c3ccccc3)OC2=O)cc1. The van der Waals surface area contributed by atoms with Crippen LogP contribution in [0.1, 0.15) is 17.4 Å². The molecule has 1 aliphatic heterocycles. The second-order valence-corrected chi connectivity index (χ2v) is 5.60. The number of benzene rings is 2. The Labute approximate surface area is 140 Å². The highest BCUT2D eigenvalue weighted by Crippen LogP contribution is 2.27. The lowest BCUT2D eigenvalue weighted by atomic mass is 10.1. The molecule has 1 aliphatic rings. The molecule has 0 aromatic heterocycles. The number of cyclic esters (lactones) is 2. The van der Waals surface area contributed by atoms with E-state index in [0.29, 0.717) is 5.56 Å². The van der Waals surface area contributed by atoms with Gasteiger partial charge in [0.05, 0.1) is 0 Å². The van der Waals surface area contributed by atoms with Gasteiger partial charge >= 0.3 is 11.9 Å². The van der Waals surface area contributed by atoms with E-state index < -0.39 is 18.2 Å². The van der Waals surface area contributed by atoms with Gasteiger partial charge in [-0.25, -0.2) is 9.59 Å². The molecule has 5 nitrogen and oxygen atoms in total. The lowest BCUT2D eigenvalue weighted by Crippen LogP contribution is -2.29. The van der Waals surface area contributed by atoms with E-state index in [1.54, 1.807) is 24.3 Å². The molecule has 0 bridgehead atoms. The first-order valence-corrected chi connectivity index (χ1v) is 7.50. The van der Waals surface area contributed by atoms with Crippen molar-refractivity contribution < 1.29 is 19.1 Å². The second-order valence-electron chi connectivity index (χ2n) is 5.60. The Morgan fingerprint density at radius 1 is 0.875 bits per heavy atom. The van der Waals surface area contributed by atoms with E-state index in [1.165, 1.54) is 6.08 Å². The summed E-state index contributed by atoms with van der Waals surface area (Å²) >= 11 is 0. The maximum absolute atomic E-state index is 12.2. The summed E-state index contributed by atoms with van der Waals surface area (Å²) in [5.41, 5.74) is 2.26. The number of hydrogen-bond donors (Lipinski definition) is 0. The van der Waals surface area contributed by atoms with E-state index in [9.17, 15) is 9.59 Å². The zero-order chi connectivity index (χ0) is 17.1. The highest BCUT2D eigenvalue weighted by Gasteiger charge is 2.34. The Balaban J connectivity index is 1.80. The van der Waals surface area contributed by atoms with Crippen LogP contribution in [0.25, 0.3) is 6.08 Å². The monoisotopic (exact) mass is 323 g/mol. The third-order valence-electron chi connectivity index (χ3n) is 3.66. The first-order chi connectivity index (χ1) is 11.5. The maximum atomic E-state index is 12.2. The molecule has 0 aliphatic carbocycles. The summed E-state index contributed by atoms with van der Waals surface area (Å²) in [6.45, 7) is 0. The van der Waals surface area contributed by atoms with Crippen LogP contribution in [0.4, 0.5) is 5.69 Å². The highest BCUT2D eigenvalue weighted by molar-refractivity contribution is 6.18. The van der Waals surface area contributed by atoms with Gasteiger partial charge in [-0.3, -0.25) is 0 Å². The van der Waals surface area contributed by atoms with Crippen molar-refractivity contribution in [2.75, 3.05) is 19.0 Å². The predicted molar refractivity (Wildman–Crippen MR) is 90.1 cm³/mol. The van der Waals surface area contributed by atoms with E-state index in [4.69, 9.17) is 9.47 Å². The summed E-state index contributed by atoms with van der Waals surface area (Å²) in [4.78, 5) is 26.3. The molecule has 0 radical (unpaired) electrons. The second kappa shape index (κ2) is 6.58. The first-order valence-electron chi connectivity index (χ1n) is 7.50. The number of ether oxygens (including phenoxy) is 2. The topological polar surface area (TPSA) is 55.8 Å². The van der Waals surface area contributed by atoms with Gasteiger partial charge in [-0.1, -0.05) is 42.5 Å². The zero-order valence-corrected chi connectivity index (χ0v) is 13.4. The van der Waals surface area contributed by atoms with Crippen LogP contribution in [0.15, 0.2) is 60.2 Å². The van der Waals surface area contributed by atoms with E-state index in [2.05, 4.69) is 0 Å². The molecule has 2 aromatic rings. The highest BCUT2D eigenvalue weighted by atomic mass is 16.7. The van der Waals surface area contributed by atoms with E-state index in [-0.39, 0.29) is 5.57 Å². The Kier molecular flexibility index (Phi) is 4.33. The van der Waals surface area contributed by atoms with Crippen LogP contribution in [0, 0.1) is 0 Å². The molecule has 24 heavy (non-hydrogen) atoms. The molecule has 0 N–H and O–H groups in total. The molecule has 1 heterocycles. The maximum Gasteiger partial charge on any atom is 0.348 e. The van der Waals surface area contributed by atoms with Crippen LogP contribution >= 0.6 is 0 Å². The van der Waals surface area contributed by atoms with Crippen LogP contribution in [0.3, 0.4) is 0 Å². The third-order valence-corrected chi connectivity index (χ3v) is 3.66. The Hall–Kier alpha value is -3.08. The first kappa shape index (κ1) is 15.8. The van der Waals surface area contributed by atoms with E-state index in [1.807, 2.05) is 49.3 Å². The molecule has 0 atom stereocenters. The van der Waals surface area contributed by atoms with Gasteiger partial charge in [0.1, 0.15) is 5.57 Å². The van der Waals surface area contributed by atoms with Crippen molar-refractivity contribution >= 4 is 23.7 Å². The van der Waals surface area contributed by atoms with Crippen molar-refractivity contribution in [1.82, 2.24) is 0 Å². The molecular formula is C19H17NO4. The Morgan fingerprint density at radius 2 is 1.46 bits per heavy atom. The van der Waals surface area contributed by atoms with Gasteiger partial charge in [-0.2, -0.15) is 0 Å². The zero-order valence-electron chi connectivity index (χ0n) is 13.4. The summed E-state index contributed by atoms with van der Waals surface area (Å²) in [5, 5.41) is 0. The Bertz CT molecular complexity index is 759. The van der Waals surface area contributed by atoms with Crippen molar-refractivity contribution in [2.45, 2.75) is 6.29 Å². The fourth-order valence-corrected chi connectivity index (χ4v) is 2.33. The standard InChI is InChI=1S/C19H17NO4/c1-20(2)15-10-8-13(9-11-15)12-16-17(21)23-19(24-18(16)22)14-6-4-3-5-7-14/h3-12,19H,1-2H3. The molecule has 5 heteroatoms. The van der Waals surface area contributed by atoms with Crippen molar-refractivity contribution in [2.24, 2.45) is 0 Å². The smallest absolute Gasteiger partial charge is 0.348 e. The van der Waals surface area contributed by atoms with Gasteiger partial charge in [0.2, 0.25) is 0 Å². The van der Waals surface area contributed by atoms with Crippen molar-refractivity contribution in [3.63, 3.8) is 0 Å². The number of anilines is 1. The van der Waals surface area contributed by atoms with Gasteiger partial charge < -0.3 is 14.4 Å². The fourth-order valence-electron chi connectivity index (χ4n) is 2.33. The van der Waals surface area contributed by atoms with Crippen molar-refractivity contribution in [1.29, 1.82) is 0 Å². The van der Waals surface area contributed by atoms with Gasteiger partial charge in [0.25, 0.3) is 6.29 Å². The van der Waals surface area contributed by atoms with Gasteiger partial charge in [0.15, 0.2) is 0 Å². The van der Waals surface area contributed by atoms with Crippen LogP contribution in [-0.2, 0) is 19.1 Å². The lowest BCUT2D eigenvalue weighted by molar-refractivity contribution is -0.195. The molecule has 2 aromatic carbocycles. The number of esters is 2. The summed E-state index contributed by atoms with van der Waals surface area (Å²) in [7, 11) is 3.88. The van der Waals surface area contributed by atoms with Crippen molar-refractivity contribution in [3.8, 4) is 0 Å². The molecule has 1 fully saturated rings. The average molecular weight is 323 g/mol. The molecule has 0 spiro atoms. The normalized spacial score (nSPS) is 17.1. The molecule has 0 unspecified atom stereocenters. The number of carbonyl (C=O) groups is 2. The molecule has 1 saturated heterocycles. The molecule has 0 amide bonds. The fraction of sp³-hybridized carbons (Fsp3) is 0.158. The van der Waals surface area contributed by atoms with Gasteiger partial charge in [-0.15, -0.1) is 0 Å². The number of nitrogens with zero attached hydrogens (tertiary/aromatic N) is 1.